The monoisotopic (exact) mass is 308 g/mol. The van der Waals surface area contributed by atoms with E-state index in [4.69, 9.17) is 0 Å². The molecule has 1 heterocycles. The number of aromatic nitrogens is 2. The highest BCUT2D eigenvalue weighted by molar-refractivity contribution is 5.55. The van der Waals surface area contributed by atoms with Crippen LogP contribution in [0.2, 0.25) is 0 Å². The number of para-hydroxylation sites is 1. The van der Waals surface area contributed by atoms with Crippen LogP contribution in [0, 0.1) is 5.82 Å². The van der Waals surface area contributed by atoms with Crippen LogP contribution < -0.4 is 10.6 Å². The van der Waals surface area contributed by atoms with E-state index in [9.17, 15) is 4.39 Å². The maximum atomic E-state index is 13.7. The zero-order chi connectivity index (χ0) is 16.1. The van der Waals surface area contributed by atoms with Gasteiger partial charge in [0.05, 0.1) is 5.69 Å². The summed E-state index contributed by atoms with van der Waals surface area (Å²) in [6, 6.07) is 18.4. The molecule has 2 N–H and O–H groups in total. The molecule has 0 spiro atoms. The van der Waals surface area contributed by atoms with Gasteiger partial charge in [0.1, 0.15) is 11.6 Å². The van der Waals surface area contributed by atoms with Gasteiger partial charge >= 0.3 is 0 Å². The number of anilines is 3. The van der Waals surface area contributed by atoms with E-state index < -0.39 is 0 Å². The van der Waals surface area contributed by atoms with Crippen LogP contribution in [0.1, 0.15) is 18.5 Å². The quantitative estimate of drug-likeness (QED) is 0.727. The number of nitrogens with zero attached hydrogens (tertiary/aromatic N) is 2. The molecule has 3 aromatic rings. The molecule has 0 aliphatic carbocycles. The van der Waals surface area contributed by atoms with E-state index in [1.54, 1.807) is 30.5 Å². The van der Waals surface area contributed by atoms with Gasteiger partial charge in [-0.2, -0.15) is 4.98 Å². The lowest BCUT2D eigenvalue weighted by molar-refractivity contribution is 0.631. The minimum absolute atomic E-state index is 0.104. The largest absolute Gasteiger partial charge is 0.363 e. The number of halogens is 1. The molecule has 1 unspecified atom stereocenters. The van der Waals surface area contributed by atoms with Crippen LogP contribution in [-0.2, 0) is 0 Å². The Morgan fingerprint density at radius 2 is 1.70 bits per heavy atom. The Labute approximate surface area is 134 Å². The summed E-state index contributed by atoms with van der Waals surface area (Å²) in [5.41, 5.74) is 1.51. The molecule has 0 radical (unpaired) electrons. The fourth-order valence-corrected chi connectivity index (χ4v) is 2.23. The van der Waals surface area contributed by atoms with Crippen molar-refractivity contribution in [2.75, 3.05) is 10.6 Å². The number of hydrogen-bond acceptors (Lipinski definition) is 4. The lowest BCUT2D eigenvalue weighted by atomic mass is 10.1. The Morgan fingerprint density at radius 1 is 0.957 bits per heavy atom. The maximum absolute atomic E-state index is 13.7. The van der Waals surface area contributed by atoms with Gasteiger partial charge in [-0.1, -0.05) is 42.5 Å². The van der Waals surface area contributed by atoms with E-state index in [0.29, 0.717) is 17.5 Å². The van der Waals surface area contributed by atoms with Gasteiger partial charge in [-0.3, -0.25) is 0 Å². The molecule has 1 atom stereocenters. The van der Waals surface area contributed by atoms with Crippen molar-refractivity contribution >= 4 is 17.5 Å². The second kappa shape index (κ2) is 6.87. The van der Waals surface area contributed by atoms with Crippen molar-refractivity contribution in [3.05, 3.63) is 78.2 Å². The van der Waals surface area contributed by atoms with Crippen molar-refractivity contribution < 1.29 is 4.39 Å². The highest BCUT2D eigenvalue weighted by Gasteiger charge is 2.07. The van der Waals surface area contributed by atoms with E-state index in [1.165, 1.54) is 6.07 Å². The van der Waals surface area contributed by atoms with E-state index in [2.05, 4.69) is 39.7 Å². The third-order valence-corrected chi connectivity index (χ3v) is 3.44. The Kier molecular flexibility index (Phi) is 4.47. The highest BCUT2D eigenvalue weighted by atomic mass is 19.1. The third kappa shape index (κ3) is 3.83. The van der Waals surface area contributed by atoms with Gasteiger partial charge in [0, 0.05) is 12.2 Å². The summed E-state index contributed by atoms with van der Waals surface area (Å²) in [6.45, 7) is 2.06. The van der Waals surface area contributed by atoms with Gasteiger partial charge in [0.25, 0.3) is 0 Å². The Balaban J connectivity index is 1.74. The molecule has 0 aliphatic rings. The molecule has 0 saturated carbocycles. The van der Waals surface area contributed by atoms with Crippen molar-refractivity contribution in [2.24, 2.45) is 0 Å². The standard InChI is InChI=1S/C18H17FN4/c1-13(14-7-3-2-4-8-14)21-17-11-12-20-18(23-17)22-16-10-6-5-9-15(16)19/h2-13H,1H3,(H2,20,21,22,23). The molecule has 0 fully saturated rings. The van der Waals surface area contributed by atoms with Crippen molar-refractivity contribution in [3.8, 4) is 0 Å². The molecule has 23 heavy (non-hydrogen) atoms. The zero-order valence-electron chi connectivity index (χ0n) is 12.7. The third-order valence-electron chi connectivity index (χ3n) is 3.44. The number of nitrogens with one attached hydrogen (secondary N) is 2. The van der Waals surface area contributed by atoms with Crippen LogP contribution in [0.5, 0.6) is 0 Å². The van der Waals surface area contributed by atoms with Crippen molar-refractivity contribution in [3.63, 3.8) is 0 Å². The first-order valence-corrected chi connectivity index (χ1v) is 7.38. The van der Waals surface area contributed by atoms with Gasteiger partial charge in [0.2, 0.25) is 5.95 Å². The minimum atomic E-state index is -0.341. The molecule has 4 nitrogen and oxygen atoms in total. The van der Waals surface area contributed by atoms with E-state index in [0.717, 1.165) is 5.56 Å². The average molecular weight is 308 g/mol. The summed E-state index contributed by atoms with van der Waals surface area (Å²) >= 11 is 0. The molecule has 116 valence electrons. The zero-order valence-corrected chi connectivity index (χ0v) is 12.7. The molecule has 3 rings (SSSR count). The highest BCUT2D eigenvalue weighted by Crippen LogP contribution is 2.20. The molecular weight excluding hydrogens is 291 g/mol. The van der Waals surface area contributed by atoms with E-state index in [1.807, 2.05) is 18.2 Å². The first kappa shape index (κ1) is 15.0. The lowest BCUT2D eigenvalue weighted by Gasteiger charge is -2.15. The van der Waals surface area contributed by atoms with Gasteiger partial charge in [-0.15, -0.1) is 0 Å². The number of hydrogen-bond donors (Lipinski definition) is 2. The Bertz CT molecular complexity index is 777. The molecular formula is C18H17FN4. The molecule has 1 aromatic heterocycles. The Morgan fingerprint density at radius 3 is 2.48 bits per heavy atom. The first-order valence-electron chi connectivity index (χ1n) is 7.38. The van der Waals surface area contributed by atoms with Crippen molar-refractivity contribution in [1.82, 2.24) is 9.97 Å². The SMILES string of the molecule is CC(Nc1ccnc(Nc2ccccc2F)n1)c1ccccc1. The molecule has 2 aromatic carbocycles. The lowest BCUT2D eigenvalue weighted by Crippen LogP contribution is -2.09. The van der Waals surface area contributed by atoms with Crippen LogP contribution in [0.3, 0.4) is 0 Å². The Hall–Kier alpha value is -2.95. The predicted molar refractivity (Wildman–Crippen MR) is 90.2 cm³/mol. The number of rotatable bonds is 5. The fourth-order valence-electron chi connectivity index (χ4n) is 2.23. The maximum Gasteiger partial charge on any atom is 0.229 e. The molecule has 0 bridgehead atoms. The van der Waals surface area contributed by atoms with E-state index in [-0.39, 0.29) is 11.9 Å². The van der Waals surface area contributed by atoms with E-state index >= 15 is 0 Å². The smallest absolute Gasteiger partial charge is 0.229 e. The van der Waals surface area contributed by atoms with Crippen LogP contribution in [0.15, 0.2) is 66.9 Å². The van der Waals surface area contributed by atoms with Gasteiger partial charge in [-0.05, 0) is 30.7 Å². The topological polar surface area (TPSA) is 49.8 Å². The molecule has 5 heteroatoms. The molecule has 0 amide bonds. The van der Waals surface area contributed by atoms with Crippen molar-refractivity contribution in [1.29, 1.82) is 0 Å². The second-order valence-electron chi connectivity index (χ2n) is 5.15. The summed E-state index contributed by atoms with van der Waals surface area (Å²) in [7, 11) is 0. The van der Waals surface area contributed by atoms with Crippen molar-refractivity contribution in [2.45, 2.75) is 13.0 Å². The summed E-state index contributed by atoms with van der Waals surface area (Å²) in [5, 5.41) is 6.20. The molecule has 0 saturated heterocycles. The van der Waals surface area contributed by atoms with Crippen LogP contribution in [-0.4, -0.2) is 9.97 Å². The first-order chi connectivity index (χ1) is 11.2. The summed E-state index contributed by atoms with van der Waals surface area (Å²) in [6.07, 6.45) is 1.64. The minimum Gasteiger partial charge on any atom is -0.363 e. The number of benzene rings is 2. The summed E-state index contributed by atoms with van der Waals surface area (Å²) in [5.74, 6) is 0.683. The normalized spacial score (nSPS) is 11.7. The second-order valence-corrected chi connectivity index (χ2v) is 5.15. The van der Waals surface area contributed by atoms with Crippen LogP contribution >= 0.6 is 0 Å². The van der Waals surface area contributed by atoms with Crippen LogP contribution in [0.25, 0.3) is 0 Å². The summed E-state index contributed by atoms with van der Waals surface area (Å²) < 4.78 is 13.7. The predicted octanol–water partition coefficient (Wildman–Crippen LogP) is 4.53. The fraction of sp³-hybridized carbons (Fsp3) is 0.111. The van der Waals surface area contributed by atoms with Gasteiger partial charge in [-0.25, -0.2) is 9.37 Å². The molecule has 0 aliphatic heterocycles. The average Bonchev–Trinajstić information content (AvgIpc) is 2.58. The van der Waals surface area contributed by atoms with Gasteiger partial charge < -0.3 is 10.6 Å². The van der Waals surface area contributed by atoms with Crippen LogP contribution in [0.4, 0.5) is 21.8 Å². The summed E-state index contributed by atoms with van der Waals surface area (Å²) in [4.78, 5) is 8.50. The van der Waals surface area contributed by atoms with Gasteiger partial charge in [0.15, 0.2) is 0 Å².